The van der Waals surface area contributed by atoms with Crippen molar-refractivity contribution in [1.29, 1.82) is 0 Å². The second kappa shape index (κ2) is 6.97. The van der Waals surface area contributed by atoms with E-state index in [1.165, 1.54) is 19.3 Å². The van der Waals surface area contributed by atoms with Gasteiger partial charge in [-0.05, 0) is 43.8 Å². The number of rotatable bonds is 3. The molecule has 0 aliphatic carbocycles. The maximum Gasteiger partial charge on any atom is 0.194 e. The summed E-state index contributed by atoms with van der Waals surface area (Å²) in [6, 6.07) is 0. The van der Waals surface area contributed by atoms with Crippen molar-refractivity contribution in [3.63, 3.8) is 0 Å². The highest BCUT2D eigenvalue weighted by Crippen LogP contribution is 2.39. The number of ether oxygens (including phenoxy) is 1. The van der Waals surface area contributed by atoms with E-state index in [4.69, 9.17) is 9.73 Å². The largest absolute Gasteiger partial charge is 0.387 e. The zero-order valence-corrected chi connectivity index (χ0v) is 14.5. The molecule has 0 aromatic heterocycles. The van der Waals surface area contributed by atoms with Crippen LogP contribution in [0.25, 0.3) is 0 Å². The highest BCUT2D eigenvalue weighted by atomic mass is 32.2. The van der Waals surface area contributed by atoms with Gasteiger partial charge in [0, 0.05) is 38.6 Å². The van der Waals surface area contributed by atoms with Crippen LogP contribution in [-0.4, -0.2) is 72.5 Å². The third-order valence-corrected chi connectivity index (χ3v) is 6.47. The van der Waals surface area contributed by atoms with Crippen LogP contribution in [0.15, 0.2) is 4.99 Å². The van der Waals surface area contributed by atoms with E-state index in [0.29, 0.717) is 12.0 Å². The fourth-order valence-electron chi connectivity index (χ4n) is 3.70. The van der Waals surface area contributed by atoms with Gasteiger partial charge in [0.15, 0.2) is 5.96 Å². The lowest BCUT2D eigenvalue weighted by Gasteiger charge is -2.33. The predicted octanol–water partition coefficient (Wildman–Crippen LogP) is 1.32. The standard InChI is InChI=1S/C16H29N3O2S/c1-2-17-14(18-11-16(20)6-10-22-13-16)19-7-3-15(12-19)4-8-21-9-5-15/h20H,2-13H2,1H3,(H,17,18). The second-order valence-electron chi connectivity index (χ2n) is 6.98. The molecule has 0 aromatic rings. The fraction of sp³-hybridized carbons (Fsp3) is 0.938. The number of hydrogen-bond donors (Lipinski definition) is 2. The van der Waals surface area contributed by atoms with Crippen LogP contribution in [0.2, 0.25) is 0 Å². The number of aliphatic imine (C=N–C) groups is 1. The van der Waals surface area contributed by atoms with Gasteiger partial charge in [-0.25, -0.2) is 0 Å². The maximum absolute atomic E-state index is 10.5. The van der Waals surface area contributed by atoms with Crippen LogP contribution >= 0.6 is 11.8 Å². The van der Waals surface area contributed by atoms with E-state index in [-0.39, 0.29) is 0 Å². The Balaban J connectivity index is 1.63. The molecule has 5 nitrogen and oxygen atoms in total. The molecule has 0 radical (unpaired) electrons. The van der Waals surface area contributed by atoms with Crippen LogP contribution < -0.4 is 5.32 Å². The van der Waals surface area contributed by atoms with E-state index in [1.54, 1.807) is 0 Å². The van der Waals surface area contributed by atoms with Crippen molar-refractivity contribution in [1.82, 2.24) is 10.2 Å². The van der Waals surface area contributed by atoms with E-state index >= 15 is 0 Å². The molecule has 2 N–H and O–H groups in total. The summed E-state index contributed by atoms with van der Waals surface area (Å²) >= 11 is 1.83. The number of likely N-dealkylation sites (tertiary alicyclic amines) is 1. The normalized spacial score (nSPS) is 31.9. The predicted molar refractivity (Wildman–Crippen MR) is 91.5 cm³/mol. The van der Waals surface area contributed by atoms with Gasteiger partial charge < -0.3 is 20.1 Å². The average molecular weight is 327 g/mol. The molecule has 3 heterocycles. The summed E-state index contributed by atoms with van der Waals surface area (Å²) in [5.74, 6) is 2.85. The summed E-state index contributed by atoms with van der Waals surface area (Å²) in [5, 5.41) is 13.9. The van der Waals surface area contributed by atoms with Gasteiger partial charge >= 0.3 is 0 Å². The molecule has 1 spiro atoms. The third-order valence-electron chi connectivity index (χ3n) is 5.23. The van der Waals surface area contributed by atoms with Crippen LogP contribution in [0, 0.1) is 5.41 Å². The van der Waals surface area contributed by atoms with Gasteiger partial charge in [0.2, 0.25) is 0 Å². The molecule has 1 atom stereocenters. The molecule has 3 aliphatic heterocycles. The topological polar surface area (TPSA) is 57.1 Å². The van der Waals surface area contributed by atoms with E-state index in [9.17, 15) is 5.11 Å². The molecular weight excluding hydrogens is 298 g/mol. The Morgan fingerprint density at radius 3 is 2.82 bits per heavy atom. The third kappa shape index (κ3) is 3.71. The van der Waals surface area contributed by atoms with Crippen molar-refractivity contribution in [2.24, 2.45) is 10.4 Å². The van der Waals surface area contributed by atoms with Crippen LogP contribution in [0.5, 0.6) is 0 Å². The van der Waals surface area contributed by atoms with Crippen molar-refractivity contribution in [3.05, 3.63) is 0 Å². The number of nitrogens with one attached hydrogen (secondary N) is 1. The maximum atomic E-state index is 10.5. The van der Waals surface area contributed by atoms with Gasteiger partial charge in [0.05, 0.1) is 12.1 Å². The summed E-state index contributed by atoms with van der Waals surface area (Å²) in [7, 11) is 0. The Hall–Kier alpha value is -0.460. The SMILES string of the molecule is CCNC(=NCC1(O)CCSC1)N1CCC2(CCOCC2)C1. The molecule has 22 heavy (non-hydrogen) atoms. The van der Waals surface area contributed by atoms with E-state index in [1.807, 2.05) is 11.8 Å². The summed E-state index contributed by atoms with van der Waals surface area (Å²) in [6.07, 6.45) is 4.44. The van der Waals surface area contributed by atoms with Crippen molar-refractivity contribution < 1.29 is 9.84 Å². The van der Waals surface area contributed by atoms with Crippen LogP contribution in [0.4, 0.5) is 0 Å². The van der Waals surface area contributed by atoms with E-state index in [0.717, 1.165) is 56.7 Å². The van der Waals surface area contributed by atoms with Crippen molar-refractivity contribution in [2.45, 2.75) is 38.2 Å². The molecule has 0 aromatic carbocycles. The van der Waals surface area contributed by atoms with Crippen molar-refractivity contribution in [3.8, 4) is 0 Å². The minimum Gasteiger partial charge on any atom is -0.387 e. The smallest absolute Gasteiger partial charge is 0.194 e. The van der Waals surface area contributed by atoms with E-state index < -0.39 is 5.60 Å². The van der Waals surface area contributed by atoms with Crippen LogP contribution in [-0.2, 0) is 4.74 Å². The van der Waals surface area contributed by atoms with Crippen molar-refractivity contribution >= 4 is 17.7 Å². The molecule has 126 valence electrons. The first-order chi connectivity index (χ1) is 10.6. The minimum absolute atomic E-state index is 0.425. The molecule has 3 fully saturated rings. The zero-order valence-electron chi connectivity index (χ0n) is 13.6. The lowest BCUT2D eigenvalue weighted by molar-refractivity contribution is 0.0217. The molecule has 3 saturated heterocycles. The molecule has 0 bridgehead atoms. The van der Waals surface area contributed by atoms with Gasteiger partial charge in [0.25, 0.3) is 0 Å². The first kappa shape index (κ1) is 16.4. The number of thioether (sulfide) groups is 1. The summed E-state index contributed by atoms with van der Waals surface area (Å²) in [6.45, 7) is 7.45. The summed E-state index contributed by atoms with van der Waals surface area (Å²) in [4.78, 5) is 7.15. The first-order valence-corrected chi connectivity index (χ1v) is 9.71. The Labute approximate surface area is 137 Å². The Morgan fingerprint density at radius 1 is 1.32 bits per heavy atom. The first-order valence-electron chi connectivity index (χ1n) is 8.56. The number of hydrogen-bond acceptors (Lipinski definition) is 4. The molecule has 6 heteroatoms. The fourth-order valence-corrected chi connectivity index (χ4v) is 4.98. The van der Waals surface area contributed by atoms with Gasteiger partial charge in [0.1, 0.15) is 0 Å². The second-order valence-corrected chi connectivity index (χ2v) is 8.09. The van der Waals surface area contributed by atoms with Gasteiger partial charge in [-0.3, -0.25) is 4.99 Å². The van der Waals surface area contributed by atoms with Crippen LogP contribution in [0.3, 0.4) is 0 Å². The highest BCUT2D eigenvalue weighted by molar-refractivity contribution is 7.99. The lowest BCUT2D eigenvalue weighted by atomic mass is 9.80. The van der Waals surface area contributed by atoms with Gasteiger partial charge in [-0.15, -0.1) is 0 Å². The zero-order chi connectivity index (χ0) is 15.5. The number of nitrogens with zero attached hydrogens (tertiary/aromatic N) is 2. The molecule has 3 aliphatic rings. The highest BCUT2D eigenvalue weighted by Gasteiger charge is 2.40. The van der Waals surface area contributed by atoms with E-state index in [2.05, 4.69) is 17.1 Å². The Morgan fingerprint density at radius 2 is 2.14 bits per heavy atom. The quantitative estimate of drug-likeness (QED) is 0.605. The minimum atomic E-state index is -0.596. The monoisotopic (exact) mass is 327 g/mol. The summed E-state index contributed by atoms with van der Waals surface area (Å²) in [5.41, 5.74) is -0.171. The molecule has 1 unspecified atom stereocenters. The van der Waals surface area contributed by atoms with Crippen LogP contribution in [0.1, 0.15) is 32.6 Å². The molecular formula is C16H29N3O2S. The van der Waals surface area contributed by atoms with Gasteiger partial charge in [-0.1, -0.05) is 0 Å². The van der Waals surface area contributed by atoms with Crippen molar-refractivity contribution in [2.75, 3.05) is 50.9 Å². The molecule has 3 rings (SSSR count). The lowest BCUT2D eigenvalue weighted by Crippen LogP contribution is -2.43. The van der Waals surface area contributed by atoms with Gasteiger partial charge in [-0.2, -0.15) is 11.8 Å². The number of aliphatic hydroxyl groups is 1. The Bertz CT molecular complexity index is 404. The molecule has 0 amide bonds. The Kier molecular flexibility index (Phi) is 5.20. The summed E-state index contributed by atoms with van der Waals surface area (Å²) < 4.78 is 5.53. The number of guanidine groups is 1. The molecule has 0 saturated carbocycles. The average Bonchev–Trinajstić information content (AvgIpc) is 3.12.